The van der Waals surface area contributed by atoms with E-state index in [2.05, 4.69) is 19.2 Å². The van der Waals surface area contributed by atoms with Crippen molar-refractivity contribution in [2.75, 3.05) is 26.8 Å². The van der Waals surface area contributed by atoms with Crippen LogP contribution in [0.25, 0.3) is 0 Å². The summed E-state index contributed by atoms with van der Waals surface area (Å²) in [6, 6.07) is 0.295. The minimum Gasteiger partial charge on any atom is -0.385 e. The summed E-state index contributed by atoms with van der Waals surface area (Å²) in [5.41, 5.74) is 6.62. The van der Waals surface area contributed by atoms with Crippen molar-refractivity contribution in [3.8, 4) is 0 Å². The summed E-state index contributed by atoms with van der Waals surface area (Å²) in [7, 11) is 1.78. The molecule has 0 aromatic carbocycles. The number of nitrogens with two attached hydrogens (primary N) is 1. The van der Waals surface area contributed by atoms with Gasteiger partial charge in [0.1, 0.15) is 0 Å². The predicted molar refractivity (Wildman–Crippen MR) is 68.5 cm³/mol. The lowest BCUT2D eigenvalue weighted by atomic mass is 9.99. The van der Waals surface area contributed by atoms with E-state index in [1.54, 1.807) is 7.11 Å². The average Bonchev–Trinajstić information content (AvgIpc) is 3.05. The van der Waals surface area contributed by atoms with Crippen LogP contribution in [-0.2, 0) is 4.74 Å². The van der Waals surface area contributed by atoms with Crippen molar-refractivity contribution in [1.82, 2.24) is 5.32 Å². The number of nitrogens with one attached hydrogen (secondary N) is 1. The number of methoxy groups -OCH3 is 1. The third-order valence-corrected chi connectivity index (χ3v) is 4.05. The van der Waals surface area contributed by atoms with E-state index in [-0.39, 0.29) is 0 Å². The third kappa shape index (κ3) is 4.40. The molecule has 0 amide bonds. The molecule has 0 heterocycles. The number of rotatable bonds is 9. The van der Waals surface area contributed by atoms with Gasteiger partial charge in [0.2, 0.25) is 0 Å². The van der Waals surface area contributed by atoms with Gasteiger partial charge in [-0.3, -0.25) is 0 Å². The molecule has 1 saturated carbocycles. The molecule has 2 atom stereocenters. The van der Waals surface area contributed by atoms with Gasteiger partial charge in [0.15, 0.2) is 0 Å². The topological polar surface area (TPSA) is 47.3 Å². The first-order valence-electron chi connectivity index (χ1n) is 6.59. The minimum absolute atomic E-state index is 0.295. The highest BCUT2D eigenvalue weighted by atomic mass is 16.5. The molecule has 0 saturated heterocycles. The van der Waals surface area contributed by atoms with Gasteiger partial charge >= 0.3 is 0 Å². The summed E-state index contributed by atoms with van der Waals surface area (Å²) in [5, 5.41) is 3.53. The van der Waals surface area contributed by atoms with Crippen molar-refractivity contribution in [3.05, 3.63) is 0 Å². The molecule has 1 aliphatic rings. The third-order valence-electron chi connectivity index (χ3n) is 4.05. The van der Waals surface area contributed by atoms with Gasteiger partial charge in [-0.25, -0.2) is 0 Å². The van der Waals surface area contributed by atoms with E-state index in [0.717, 1.165) is 26.1 Å². The van der Waals surface area contributed by atoms with Crippen molar-refractivity contribution in [3.63, 3.8) is 0 Å². The highest BCUT2D eigenvalue weighted by molar-refractivity contribution is 4.94. The van der Waals surface area contributed by atoms with Gasteiger partial charge in [0.25, 0.3) is 0 Å². The molecule has 0 aliphatic heterocycles. The van der Waals surface area contributed by atoms with Crippen LogP contribution in [0.2, 0.25) is 0 Å². The van der Waals surface area contributed by atoms with E-state index in [4.69, 9.17) is 10.5 Å². The van der Waals surface area contributed by atoms with Gasteiger partial charge in [-0.15, -0.1) is 0 Å². The standard InChI is InChI=1S/C13H28N2O/c1-4-11(2)12(14)9-15-10-13(5-6-13)7-8-16-3/h11-12,15H,4-10,14H2,1-3H3. The Morgan fingerprint density at radius 2 is 2.12 bits per heavy atom. The summed E-state index contributed by atoms with van der Waals surface area (Å²) in [5.74, 6) is 0.613. The summed E-state index contributed by atoms with van der Waals surface area (Å²) < 4.78 is 5.15. The van der Waals surface area contributed by atoms with E-state index in [0.29, 0.717) is 17.4 Å². The minimum atomic E-state index is 0.295. The highest BCUT2D eigenvalue weighted by Crippen LogP contribution is 2.48. The molecular formula is C13H28N2O. The first-order valence-corrected chi connectivity index (χ1v) is 6.59. The second kappa shape index (κ2) is 6.58. The van der Waals surface area contributed by atoms with Crippen molar-refractivity contribution >= 4 is 0 Å². The highest BCUT2D eigenvalue weighted by Gasteiger charge is 2.41. The molecule has 0 aromatic heterocycles. The fourth-order valence-corrected chi connectivity index (χ4v) is 2.02. The SMILES string of the molecule is CCC(C)C(N)CNCC1(CCOC)CC1. The molecule has 16 heavy (non-hydrogen) atoms. The van der Waals surface area contributed by atoms with Crippen LogP contribution < -0.4 is 11.1 Å². The first-order chi connectivity index (χ1) is 7.63. The monoisotopic (exact) mass is 228 g/mol. The average molecular weight is 228 g/mol. The number of hydrogen-bond donors (Lipinski definition) is 2. The Bertz CT molecular complexity index is 192. The second-order valence-electron chi connectivity index (χ2n) is 5.42. The normalized spacial score (nSPS) is 21.8. The lowest BCUT2D eigenvalue weighted by molar-refractivity contribution is 0.171. The molecule has 3 nitrogen and oxygen atoms in total. The quantitative estimate of drug-likeness (QED) is 0.632. The maximum Gasteiger partial charge on any atom is 0.0468 e. The maximum atomic E-state index is 6.09. The largest absolute Gasteiger partial charge is 0.385 e. The Morgan fingerprint density at radius 3 is 2.62 bits per heavy atom. The Morgan fingerprint density at radius 1 is 1.44 bits per heavy atom. The van der Waals surface area contributed by atoms with E-state index >= 15 is 0 Å². The molecule has 0 spiro atoms. The van der Waals surface area contributed by atoms with Crippen LogP contribution in [0.15, 0.2) is 0 Å². The zero-order valence-electron chi connectivity index (χ0n) is 11.1. The van der Waals surface area contributed by atoms with Crippen LogP contribution >= 0.6 is 0 Å². The molecule has 1 rings (SSSR count). The van der Waals surface area contributed by atoms with E-state index in [1.807, 2.05) is 0 Å². The Balaban J connectivity index is 2.10. The van der Waals surface area contributed by atoms with Crippen molar-refractivity contribution in [1.29, 1.82) is 0 Å². The zero-order valence-corrected chi connectivity index (χ0v) is 11.1. The molecule has 0 radical (unpaired) electrons. The number of ether oxygens (including phenoxy) is 1. The Kier molecular flexibility index (Phi) is 5.73. The van der Waals surface area contributed by atoms with Crippen LogP contribution in [0.5, 0.6) is 0 Å². The van der Waals surface area contributed by atoms with Crippen LogP contribution in [0.4, 0.5) is 0 Å². The molecule has 0 aromatic rings. The summed E-state index contributed by atoms with van der Waals surface area (Å²) in [6.45, 7) is 7.37. The first kappa shape index (κ1) is 13.9. The fourth-order valence-electron chi connectivity index (χ4n) is 2.02. The van der Waals surface area contributed by atoms with Crippen molar-refractivity contribution in [2.45, 2.75) is 45.6 Å². The van der Waals surface area contributed by atoms with Gasteiger partial charge in [-0.05, 0) is 30.6 Å². The van der Waals surface area contributed by atoms with Gasteiger partial charge in [-0.1, -0.05) is 20.3 Å². The van der Waals surface area contributed by atoms with Crippen LogP contribution in [0, 0.1) is 11.3 Å². The van der Waals surface area contributed by atoms with Gasteiger partial charge in [0, 0.05) is 32.8 Å². The molecule has 1 fully saturated rings. The van der Waals surface area contributed by atoms with E-state index in [9.17, 15) is 0 Å². The number of hydrogen-bond acceptors (Lipinski definition) is 3. The zero-order chi connectivity index (χ0) is 12.0. The van der Waals surface area contributed by atoms with Crippen molar-refractivity contribution in [2.24, 2.45) is 17.1 Å². The van der Waals surface area contributed by atoms with Gasteiger partial charge in [0.05, 0.1) is 0 Å². The van der Waals surface area contributed by atoms with Crippen LogP contribution in [0.3, 0.4) is 0 Å². The lowest BCUT2D eigenvalue weighted by Crippen LogP contribution is -2.40. The molecule has 0 bridgehead atoms. The molecule has 96 valence electrons. The summed E-state index contributed by atoms with van der Waals surface area (Å²) in [4.78, 5) is 0. The van der Waals surface area contributed by atoms with E-state index < -0.39 is 0 Å². The Labute approximate surface area is 100 Å². The van der Waals surface area contributed by atoms with Crippen LogP contribution in [-0.4, -0.2) is 32.8 Å². The molecular weight excluding hydrogens is 200 g/mol. The van der Waals surface area contributed by atoms with E-state index in [1.165, 1.54) is 19.3 Å². The molecule has 3 N–H and O–H groups in total. The van der Waals surface area contributed by atoms with Crippen LogP contribution in [0.1, 0.15) is 39.5 Å². The van der Waals surface area contributed by atoms with Gasteiger partial charge < -0.3 is 15.8 Å². The molecule has 3 heteroatoms. The van der Waals surface area contributed by atoms with Gasteiger partial charge in [-0.2, -0.15) is 0 Å². The smallest absolute Gasteiger partial charge is 0.0468 e. The lowest BCUT2D eigenvalue weighted by Gasteiger charge is -2.21. The fraction of sp³-hybridized carbons (Fsp3) is 1.00. The maximum absolute atomic E-state index is 6.09. The second-order valence-corrected chi connectivity index (χ2v) is 5.42. The Hall–Kier alpha value is -0.120. The van der Waals surface area contributed by atoms with Crippen molar-refractivity contribution < 1.29 is 4.74 Å². The molecule has 2 unspecified atom stereocenters. The molecule has 1 aliphatic carbocycles. The predicted octanol–water partition coefficient (Wildman–Crippen LogP) is 1.77. The summed E-state index contributed by atoms with van der Waals surface area (Å²) in [6.07, 6.45) is 5.05. The summed E-state index contributed by atoms with van der Waals surface area (Å²) >= 11 is 0.